The zero-order chi connectivity index (χ0) is 22.7. The number of carbonyl (C=O) groups excluding carboxylic acids is 2. The second-order valence-corrected chi connectivity index (χ2v) is 9.15. The van der Waals surface area contributed by atoms with Gasteiger partial charge in [-0.3, -0.25) is 4.79 Å². The maximum Gasteiger partial charge on any atom is 0.338 e. The molecule has 2 aliphatic rings. The lowest BCUT2D eigenvalue weighted by atomic mass is 9.94. The average Bonchev–Trinajstić information content (AvgIpc) is 2.78. The van der Waals surface area contributed by atoms with Crippen LogP contribution in [-0.4, -0.2) is 40.3 Å². The lowest BCUT2D eigenvalue weighted by molar-refractivity contribution is -0.143. The molecule has 2 aromatic rings. The highest BCUT2D eigenvalue weighted by Gasteiger charge is 2.38. The summed E-state index contributed by atoms with van der Waals surface area (Å²) in [5.41, 5.74) is 3.42. The van der Waals surface area contributed by atoms with E-state index in [1.54, 1.807) is 23.9 Å². The Morgan fingerprint density at radius 3 is 2.69 bits per heavy atom. The molecule has 1 fully saturated rings. The Bertz CT molecular complexity index is 1080. The summed E-state index contributed by atoms with van der Waals surface area (Å²) in [6.45, 7) is 6.36. The average molecular weight is 450 g/mol. The number of esters is 1. The summed E-state index contributed by atoms with van der Waals surface area (Å²) in [7, 11) is 0. The first-order chi connectivity index (χ1) is 15.4. The van der Waals surface area contributed by atoms with E-state index in [1.165, 1.54) is 0 Å². The van der Waals surface area contributed by atoms with Gasteiger partial charge in [0.05, 0.1) is 23.4 Å². The Labute approximate surface area is 192 Å². The molecule has 0 radical (unpaired) electrons. The fourth-order valence-corrected chi connectivity index (χ4v) is 4.95. The third kappa shape index (κ3) is 4.72. The number of rotatable bonds is 5. The Hall–Kier alpha value is -3.06. The summed E-state index contributed by atoms with van der Waals surface area (Å²) in [6, 6.07) is 16.5. The van der Waals surface area contributed by atoms with Gasteiger partial charge in [0.2, 0.25) is 0 Å². The summed E-state index contributed by atoms with van der Waals surface area (Å²) in [4.78, 5) is 32.6. The van der Waals surface area contributed by atoms with Crippen LogP contribution in [-0.2, 0) is 9.53 Å². The smallest absolute Gasteiger partial charge is 0.338 e. The number of thioether (sulfide) groups is 1. The second-order valence-electron chi connectivity index (χ2n) is 8.09. The number of anilines is 1. The van der Waals surface area contributed by atoms with Crippen molar-refractivity contribution in [1.29, 1.82) is 0 Å². The molecule has 2 aliphatic heterocycles. The van der Waals surface area contributed by atoms with Crippen LogP contribution in [0.4, 0.5) is 5.69 Å². The first-order valence-corrected chi connectivity index (χ1v) is 11.8. The van der Waals surface area contributed by atoms with E-state index in [9.17, 15) is 9.59 Å². The van der Waals surface area contributed by atoms with Crippen LogP contribution in [0.15, 0.2) is 70.9 Å². The normalized spacial score (nSPS) is 18.2. The van der Waals surface area contributed by atoms with Gasteiger partial charge in [-0.05, 0) is 57.0 Å². The van der Waals surface area contributed by atoms with Gasteiger partial charge in [0.25, 0.3) is 5.91 Å². The van der Waals surface area contributed by atoms with E-state index < -0.39 is 0 Å². The molecule has 1 saturated heterocycles. The van der Waals surface area contributed by atoms with Crippen molar-refractivity contribution in [2.45, 2.75) is 39.3 Å². The fourth-order valence-electron chi connectivity index (χ4n) is 3.93. The molecule has 2 heterocycles. The van der Waals surface area contributed by atoms with Crippen molar-refractivity contribution in [1.82, 2.24) is 4.90 Å². The minimum Gasteiger partial charge on any atom is -0.459 e. The SMILES string of the molecule is CC1=C(C(=O)OC(C)C)[C@H](c2cccc(NC(=O)c3ccccc3)c2)N2CCCSC2=N1. The molecule has 1 atom stereocenters. The predicted octanol–water partition coefficient (Wildman–Crippen LogP) is 5.01. The van der Waals surface area contributed by atoms with E-state index in [1.807, 2.05) is 63.2 Å². The van der Waals surface area contributed by atoms with Gasteiger partial charge in [0, 0.05) is 23.5 Å². The Kier molecular flexibility index (Phi) is 6.65. The van der Waals surface area contributed by atoms with Gasteiger partial charge in [0.1, 0.15) is 0 Å². The molecule has 7 heteroatoms. The van der Waals surface area contributed by atoms with E-state index in [4.69, 9.17) is 9.73 Å². The monoisotopic (exact) mass is 449 g/mol. The number of hydrogen-bond acceptors (Lipinski definition) is 6. The third-order valence-electron chi connectivity index (χ3n) is 5.32. The maximum atomic E-state index is 13.1. The number of benzene rings is 2. The van der Waals surface area contributed by atoms with Crippen LogP contribution in [0.2, 0.25) is 0 Å². The third-order valence-corrected chi connectivity index (χ3v) is 6.39. The molecule has 0 aromatic heterocycles. The minimum atomic E-state index is -0.348. The second kappa shape index (κ2) is 9.61. The van der Waals surface area contributed by atoms with Gasteiger partial charge < -0.3 is 15.0 Å². The van der Waals surface area contributed by atoms with Gasteiger partial charge in [0.15, 0.2) is 5.17 Å². The molecule has 2 aromatic carbocycles. The molecule has 0 aliphatic carbocycles. The minimum absolute atomic E-state index is 0.173. The number of amides is 1. The molecular weight excluding hydrogens is 422 g/mol. The first kappa shape index (κ1) is 22.1. The van der Waals surface area contributed by atoms with E-state index in [0.717, 1.165) is 29.4 Å². The van der Waals surface area contributed by atoms with Gasteiger partial charge in [-0.2, -0.15) is 0 Å². The quantitative estimate of drug-likeness (QED) is 0.650. The van der Waals surface area contributed by atoms with Crippen molar-refractivity contribution >= 4 is 34.5 Å². The van der Waals surface area contributed by atoms with Crippen LogP contribution in [0.3, 0.4) is 0 Å². The van der Waals surface area contributed by atoms with Crippen LogP contribution in [0.5, 0.6) is 0 Å². The number of nitrogens with one attached hydrogen (secondary N) is 1. The fraction of sp³-hybridized carbons (Fsp3) is 0.320. The van der Waals surface area contributed by atoms with Crippen molar-refractivity contribution in [3.05, 3.63) is 77.0 Å². The molecule has 0 spiro atoms. The molecule has 4 rings (SSSR count). The van der Waals surface area contributed by atoms with Gasteiger partial charge >= 0.3 is 5.97 Å². The zero-order valence-corrected chi connectivity index (χ0v) is 19.3. The Morgan fingerprint density at radius 1 is 1.16 bits per heavy atom. The number of aliphatic imine (C=N–C) groups is 1. The van der Waals surface area contributed by atoms with E-state index >= 15 is 0 Å². The first-order valence-electron chi connectivity index (χ1n) is 10.8. The summed E-state index contributed by atoms with van der Waals surface area (Å²) < 4.78 is 5.57. The lowest BCUT2D eigenvalue weighted by Gasteiger charge is -2.40. The number of carbonyl (C=O) groups is 2. The predicted molar refractivity (Wildman–Crippen MR) is 129 cm³/mol. The van der Waals surface area contributed by atoms with Crippen molar-refractivity contribution in [2.24, 2.45) is 4.99 Å². The van der Waals surface area contributed by atoms with Crippen molar-refractivity contribution in [3.8, 4) is 0 Å². The standard InChI is InChI=1S/C25H27N3O3S/c1-16(2)31-24(30)21-17(3)26-25-28(13-8-14-32-25)22(21)19-11-7-12-20(15-19)27-23(29)18-9-5-4-6-10-18/h4-7,9-12,15-16,22H,8,13-14H2,1-3H3,(H,27,29)/t22-/m0/s1. The number of hydrogen-bond donors (Lipinski definition) is 1. The number of ether oxygens (including phenoxy) is 1. The van der Waals surface area contributed by atoms with Crippen molar-refractivity contribution < 1.29 is 14.3 Å². The topological polar surface area (TPSA) is 71.0 Å². The molecular formula is C25H27N3O3S. The van der Waals surface area contributed by atoms with Crippen molar-refractivity contribution in [3.63, 3.8) is 0 Å². The summed E-state index contributed by atoms with van der Waals surface area (Å²) in [5.74, 6) is 0.488. The van der Waals surface area contributed by atoms with Gasteiger partial charge in [-0.15, -0.1) is 0 Å². The molecule has 1 amide bonds. The maximum absolute atomic E-state index is 13.1. The Balaban J connectivity index is 1.69. The van der Waals surface area contributed by atoms with Crippen LogP contribution in [0.25, 0.3) is 0 Å². The lowest BCUT2D eigenvalue weighted by Crippen LogP contribution is -2.42. The molecule has 166 valence electrons. The number of fused-ring (bicyclic) bond motifs is 1. The largest absolute Gasteiger partial charge is 0.459 e. The van der Waals surface area contributed by atoms with E-state index in [-0.39, 0.29) is 24.0 Å². The number of allylic oxidation sites excluding steroid dienone is 1. The summed E-state index contributed by atoms with van der Waals surface area (Å²) >= 11 is 1.71. The highest BCUT2D eigenvalue weighted by molar-refractivity contribution is 8.13. The molecule has 0 unspecified atom stereocenters. The Morgan fingerprint density at radius 2 is 1.94 bits per heavy atom. The molecule has 32 heavy (non-hydrogen) atoms. The highest BCUT2D eigenvalue weighted by Crippen LogP contribution is 2.40. The molecule has 1 N–H and O–H groups in total. The van der Waals surface area contributed by atoms with Crippen LogP contribution >= 0.6 is 11.8 Å². The van der Waals surface area contributed by atoms with Crippen molar-refractivity contribution in [2.75, 3.05) is 17.6 Å². The van der Waals surface area contributed by atoms with Crippen LogP contribution < -0.4 is 5.32 Å². The zero-order valence-electron chi connectivity index (χ0n) is 18.5. The summed E-state index contributed by atoms with van der Waals surface area (Å²) in [5, 5.41) is 3.90. The van der Waals surface area contributed by atoms with Crippen LogP contribution in [0, 0.1) is 0 Å². The van der Waals surface area contributed by atoms with Crippen LogP contribution in [0.1, 0.15) is 49.2 Å². The molecule has 6 nitrogen and oxygen atoms in total. The van der Waals surface area contributed by atoms with Gasteiger partial charge in [-0.25, -0.2) is 9.79 Å². The van der Waals surface area contributed by atoms with Gasteiger partial charge in [-0.1, -0.05) is 42.1 Å². The summed E-state index contributed by atoms with van der Waals surface area (Å²) in [6.07, 6.45) is 0.789. The number of nitrogens with zero attached hydrogens (tertiary/aromatic N) is 2. The number of amidine groups is 1. The molecule has 0 saturated carbocycles. The van der Waals surface area contributed by atoms with E-state index in [2.05, 4.69) is 10.2 Å². The van der Waals surface area contributed by atoms with E-state index in [0.29, 0.717) is 22.5 Å². The molecule has 0 bridgehead atoms. The highest BCUT2D eigenvalue weighted by atomic mass is 32.2.